The third-order valence-electron chi connectivity index (χ3n) is 5.14. The zero-order valence-corrected chi connectivity index (χ0v) is 12.2. The number of rotatable bonds is 4. The summed E-state index contributed by atoms with van der Waals surface area (Å²) in [7, 11) is 0. The number of hydrogen-bond acceptors (Lipinski definition) is 1. The van der Waals surface area contributed by atoms with Gasteiger partial charge in [0.2, 0.25) is 0 Å². The zero-order chi connectivity index (χ0) is 12.5. The molecule has 1 unspecified atom stereocenters. The fraction of sp³-hybridized carbons (Fsp3) is 0.929. The lowest BCUT2D eigenvalue weighted by atomic mass is 9.74. The van der Waals surface area contributed by atoms with Gasteiger partial charge in [0, 0.05) is 24.8 Å². The number of hydrogen-bond donors (Lipinski definition) is 3. The number of fused-ring (bicyclic) bond motifs is 3. The molecule has 4 atom stereocenters. The van der Waals surface area contributed by atoms with Gasteiger partial charge in [-0.25, -0.2) is 0 Å². The molecule has 0 amide bonds. The molecular weight excluding hydrogens is 242 g/mol. The number of piperidine rings is 3. The van der Waals surface area contributed by atoms with Gasteiger partial charge < -0.3 is 15.5 Å². The van der Waals surface area contributed by atoms with Crippen molar-refractivity contribution >= 4 is 17.3 Å². The standard InChI is InChI=1S/C14H25N3S/c1-2-10-9-17-6-5-11(10)7-13(17)8-15-14(18)16-12-3-4-12/h10-13H,2-9H2,1H3,(H2,15,16,18)/p+1/t10-,11+,13+/m0/s1. The van der Waals surface area contributed by atoms with Gasteiger partial charge >= 0.3 is 0 Å². The molecule has 0 aromatic rings. The van der Waals surface area contributed by atoms with Crippen molar-refractivity contribution < 1.29 is 4.90 Å². The highest BCUT2D eigenvalue weighted by atomic mass is 32.1. The van der Waals surface area contributed by atoms with Gasteiger partial charge in [0.25, 0.3) is 0 Å². The average Bonchev–Trinajstić information content (AvgIpc) is 3.21. The predicted octanol–water partition coefficient (Wildman–Crippen LogP) is 0.316. The van der Waals surface area contributed by atoms with Crippen LogP contribution in [0.2, 0.25) is 0 Å². The van der Waals surface area contributed by atoms with Gasteiger partial charge in [0.1, 0.15) is 6.04 Å². The largest absolute Gasteiger partial charge is 0.360 e. The molecular formula is C14H26N3S+. The first-order valence-corrected chi connectivity index (χ1v) is 8.06. The lowest BCUT2D eigenvalue weighted by molar-refractivity contribution is -0.945. The second kappa shape index (κ2) is 5.33. The molecule has 0 aromatic heterocycles. The summed E-state index contributed by atoms with van der Waals surface area (Å²) in [5, 5.41) is 7.69. The van der Waals surface area contributed by atoms with Gasteiger partial charge in [-0.2, -0.15) is 0 Å². The van der Waals surface area contributed by atoms with E-state index in [0.717, 1.165) is 29.5 Å². The Hall–Kier alpha value is -0.350. The first-order chi connectivity index (χ1) is 8.76. The van der Waals surface area contributed by atoms with Crippen molar-refractivity contribution in [3.05, 3.63) is 0 Å². The van der Waals surface area contributed by atoms with Gasteiger partial charge in [-0.15, -0.1) is 0 Å². The predicted molar refractivity (Wildman–Crippen MR) is 77.7 cm³/mol. The normalized spacial score (nSPS) is 38.5. The summed E-state index contributed by atoms with van der Waals surface area (Å²) in [4.78, 5) is 1.83. The molecule has 4 aliphatic rings. The van der Waals surface area contributed by atoms with Crippen LogP contribution in [0.4, 0.5) is 0 Å². The molecule has 4 heteroatoms. The lowest BCUT2D eigenvalue weighted by Gasteiger charge is -2.46. The Labute approximate surface area is 116 Å². The van der Waals surface area contributed by atoms with Crippen molar-refractivity contribution in [3.63, 3.8) is 0 Å². The molecule has 4 fully saturated rings. The minimum Gasteiger partial charge on any atom is -0.360 e. The highest BCUT2D eigenvalue weighted by Crippen LogP contribution is 2.28. The SMILES string of the molecule is CC[C@H]1C[NH+]2CC[C@@H]1C[C@@H]2CNC(=S)NC1CC1. The fourth-order valence-corrected chi connectivity index (χ4v) is 4.06. The van der Waals surface area contributed by atoms with Crippen LogP contribution in [0.25, 0.3) is 0 Å². The summed E-state index contributed by atoms with van der Waals surface area (Å²) in [5.74, 6) is 1.98. The molecule has 4 rings (SSSR count). The van der Waals surface area contributed by atoms with E-state index in [1.807, 2.05) is 4.90 Å². The van der Waals surface area contributed by atoms with Crippen LogP contribution in [-0.2, 0) is 0 Å². The van der Waals surface area contributed by atoms with Gasteiger partial charge in [-0.1, -0.05) is 6.92 Å². The van der Waals surface area contributed by atoms with Crippen LogP contribution in [0.1, 0.15) is 39.0 Å². The second-order valence-corrected chi connectivity index (χ2v) is 6.80. The topological polar surface area (TPSA) is 28.5 Å². The van der Waals surface area contributed by atoms with Crippen molar-refractivity contribution in [2.24, 2.45) is 11.8 Å². The summed E-state index contributed by atoms with van der Waals surface area (Å²) < 4.78 is 0. The van der Waals surface area contributed by atoms with Crippen LogP contribution in [-0.4, -0.2) is 36.8 Å². The van der Waals surface area contributed by atoms with Gasteiger partial charge in [0.05, 0.1) is 19.6 Å². The summed E-state index contributed by atoms with van der Waals surface area (Å²) in [6, 6.07) is 1.47. The van der Waals surface area contributed by atoms with Crippen molar-refractivity contribution in [3.8, 4) is 0 Å². The van der Waals surface area contributed by atoms with E-state index in [0.29, 0.717) is 6.04 Å². The van der Waals surface area contributed by atoms with E-state index in [-0.39, 0.29) is 0 Å². The Morgan fingerprint density at radius 1 is 1.33 bits per heavy atom. The zero-order valence-electron chi connectivity index (χ0n) is 11.4. The third-order valence-corrected chi connectivity index (χ3v) is 5.40. The van der Waals surface area contributed by atoms with Crippen LogP contribution in [0, 0.1) is 11.8 Å². The molecule has 0 aromatic carbocycles. The second-order valence-electron chi connectivity index (χ2n) is 6.39. The van der Waals surface area contributed by atoms with Crippen molar-refractivity contribution in [2.75, 3.05) is 19.6 Å². The molecule has 0 radical (unpaired) electrons. The van der Waals surface area contributed by atoms with Crippen LogP contribution in [0.5, 0.6) is 0 Å². The smallest absolute Gasteiger partial charge is 0.166 e. The molecule has 3 nitrogen and oxygen atoms in total. The van der Waals surface area contributed by atoms with Crippen LogP contribution >= 0.6 is 12.2 Å². The van der Waals surface area contributed by atoms with E-state index in [9.17, 15) is 0 Å². The van der Waals surface area contributed by atoms with Crippen molar-refractivity contribution in [1.82, 2.24) is 10.6 Å². The molecule has 3 saturated heterocycles. The highest BCUT2D eigenvalue weighted by molar-refractivity contribution is 7.80. The molecule has 102 valence electrons. The average molecular weight is 268 g/mol. The Bertz CT molecular complexity index is 316. The first-order valence-electron chi connectivity index (χ1n) is 7.65. The molecule has 3 aliphatic heterocycles. The molecule has 18 heavy (non-hydrogen) atoms. The summed E-state index contributed by atoms with van der Waals surface area (Å²) in [6.45, 7) is 6.21. The van der Waals surface area contributed by atoms with Crippen LogP contribution in [0.3, 0.4) is 0 Å². The minimum absolute atomic E-state index is 0.671. The van der Waals surface area contributed by atoms with E-state index < -0.39 is 0 Å². The Balaban J connectivity index is 1.44. The monoisotopic (exact) mass is 268 g/mol. The number of quaternary nitrogens is 1. The number of thiocarbonyl (C=S) groups is 1. The quantitative estimate of drug-likeness (QED) is 0.641. The molecule has 2 bridgehead atoms. The van der Waals surface area contributed by atoms with Gasteiger partial charge in [-0.3, -0.25) is 0 Å². The summed E-state index contributed by atoms with van der Waals surface area (Å²) >= 11 is 5.34. The van der Waals surface area contributed by atoms with E-state index in [1.54, 1.807) is 0 Å². The van der Waals surface area contributed by atoms with Crippen LogP contribution in [0.15, 0.2) is 0 Å². The van der Waals surface area contributed by atoms with Crippen molar-refractivity contribution in [1.29, 1.82) is 0 Å². The summed E-state index contributed by atoms with van der Waals surface area (Å²) in [6.07, 6.45) is 6.82. The maximum absolute atomic E-state index is 5.34. The molecule has 1 saturated carbocycles. The maximum atomic E-state index is 5.34. The van der Waals surface area contributed by atoms with Gasteiger partial charge in [-0.05, 0) is 37.4 Å². The molecule has 1 aliphatic carbocycles. The van der Waals surface area contributed by atoms with E-state index in [4.69, 9.17) is 12.2 Å². The number of nitrogens with one attached hydrogen (secondary N) is 3. The maximum Gasteiger partial charge on any atom is 0.166 e. The van der Waals surface area contributed by atoms with Crippen molar-refractivity contribution in [2.45, 2.75) is 51.1 Å². The van der Waals surface area contributed by atoms with E-state index >= 15 is 0 Å². The van der Waals surface area contributed by atoms with E-state index in [2.05, 4.69) is 17.6 Å². The third kappa shape index (κ3) is 2.80. The Kier molecular flexibility index (Phi) is 3.76. The molecule has 3 N–H and O–H groups in total. The minimum atomic E-state index is 0.671. The fourth-order valence-electron chi connectivity index (χ4n) is 3.81. The van der Waals surface area contributed by atoms with Gasteiger partial charge in [0.15, 0.2) is 5.11 Å². The van der Waals surface area contributed by atoms with Crippen LogP contribution < -0.4 is 15.5 Å². The lowest BCUT2D eigenvalue weighted by Crippen LogP contribution is -3.20. The molecule has 0 spiro atoms. The highest BCUT2D eigenvalue weighted by Gasteiger charge is 2.42. The van der Waals surface area contributed by atoms with E-state index in [1.165, 1.54) is 45.2 Å². The Morgan fingerprint density at radius 3 is 2.78 bits per heavy atom. The first kappa shape index (κ1) is 12.7. The Morgan fingerprint density at radius 2 is 2.17 bits per heavy atom. The molecule has 3 heterocycles. The summed E-state index contributed by atoms with van der Waals surface area (Å²) in [5.41, 5.74) is 0.